The van der Waals surface area contributed by atoms with E-state index in [9.17, 15) is 12.8 Å². The second-order valence-corrected chi connectivity index (χ2v) is 7.81. The normalized spacial score (nSPS) is 18.3. The molecule has 7 heteroatoms. The number of thioether (sulfide) groups is 1. The average molecular weight is 328 g/mol. The van der Waals surface area contributed by atoms with Crippen LogP contribution in [0.3, 0.4) is 0 Å². The fourth-order valence-electron chi connectivity index (χ4n) is 2.00. The van der Waals surface area contributed by atoms with E-state index in [4.69, 9.17) is 5.73 Å². The monoisotopic (exact) mass is 328 g/mol. The maximum absolute atomic E-state index is 13.8. The summed E-state index contributed by atoms with van der Waals surface area (Å²) < 4.78 is 40.6. The zero-order chi connectivity index (χ0) is 15.3. The standard InChI is InChI=1S/C14H17FN2O2S2/c15-14-9-13(6-5-11(14)3-1-7-16)21(18,19)17-10-12-4-2-8-20-12/h5-6,9,12,17H,2,4,7-8,10,16H2. The Bertz CT molecular complexity index is 659. The molecule has 1 unspecified atom stereocenters. The molecule has 0 radical (unpaired) electrons. The van der Waals surface area contributed by atoms with Crippen LogP contribution in [0.15, 0.2) is 23.1 Å². The molecule has 1 aromatic rings. The van der Waals surface area contributed by atoms with Crippen molar-refractivity contribution in [2.75, 3.05) is 18.8 Å². The molecule has 0 aromatic heterocycles. The van der Waals surface area contributed by atoms with Gasteiger partial charge in [-0.25, -0.2) is 17.5 Å². The molecular weight excluding hydrogens is 311 g/mol. The Morgan fingerprint density at radius 3 is 2.90 bits per heavy atom. The van der Waals surface area contributed by atoms with Gasteiger partial charge in [-0.1, -0.05) is 11.8 Å². The van der Waals surface area contributed by atoms with Crippen molar-refractivity contribution < 1.29 is 12.8 Å². The van der Waals surface area contributed by atoms with Gasteiger partial charge < -0.3 is 5.73 Å². The Labute approximate surface area is 128 Å². The molecule has 21 heavy (non-hydrogen) atoms. The summed E-state index contributed by atoms with van der Waals surface area (Å²) in [6, 6.07) is 3.70. The third kappa shape index (κ3) is 4.45. The van der Waals surface area contributed by atoms with Crippen molar-refractivity contribution >= 4 is 21.8 Å². The van der Waals surface area contributed by atoms with Crippen LogP contribution in [-0.2, 0) is 10.0 Å². The molecule has 3 N–H and O–H groups in total. The molecule has 114 valence electrons. The second-order valence-electron chi connectivity index (χ2n) is 4.63. The lowest BCUT2D eigenvalue weighted by Crippen LogP contribution is -2.29. The summed E-state index contributed by atoms with van der Waals surface area (Å²) in [4.78, 5) is -0.0821. The summed E-state index contributed by atoms with van der Waals surface area (Å²) in [5, 5.41) is 0.305. The highest BCUT2D eigenvalue weighted by molar-refractivity contribution is 8.00. The predicted molar refractivity (Wildman–Crippen MR) is 83.0 cm³/mol. The molecule has 2 rings (SSSR count). The van der Waals surface area contributed by atoms with Gasteiger partial charge in [-0.3, -0.25) is 0 Å². The fourth-order valence-corrected chi connectivity index (χ4v) is 4.40. The quantitative estimate of drug-likeness (QED) is 0.818. The summed E-state index contributed by atoms with van der Waals surface area (Å²) in [5.41, 5.74) is 5.37. The van der Waals surface area contributed by atoms with Crippen LogP contribution in [0.25, 0.3) is 0 Å². The summed E-state index contributed by atoms with van der Waals surface area (Å²) >= 11 is 1.76. The van der Waals surface area contributed by atoms with E-state index in [1.54, 1.807) is 11.8 Å². The lowest BCUT2D eigenvalue weighted by Gasteiger charge is -2.11. The summed E-state index contributed by atoms with van der Waals surface area (Å²) in [6.07, 6.45) is 2.12. The maximum atomic E-state index is 13.8. The summed E-state index contributed by atoms with van der Waals surface area (Å²) in [5.74, 6) is 5.50. The van der Waals surface area contributed by atoms with Gasteiger partial charge in [0.1, 0.15) is 5.82 Å². The van der Waals surface area contributed by atoms with E-state index in [2.05, 4.69) is 16.6 Å². The van der Waals surface area contributed by atoms with E-state index < -0.39 is 15.8 Å². The van der Waals surface area contributed by atoms with Gasteiger partial charge in [0.2, 0.25) is 10.0 Å². The highest BCUT2D eigenvalue weighted by atomic mass is 32.2. The van der Waals surface area contributed by atoms with Crippen molar-refractivity contribution in [3.63, 3.8) is 0 Å². The van der Waals surface area contributed by atoms with Crippen LogP contribution < -0.4 is 10.5 Å². The number of nitrogens with two attached hydrogens (primary N) is 1. The van der Waals surface area contributed by atoms with Gasteiger partial charge in [0.25, 0.3) is 0 Å². The number of hydrogen-bond donors (Lipinski definition) is 2. The third-order valence-electron chi connectivity index (χ3n) is 3.10. The molecule has 0 aliphatic carbocycles. The van der Waals surface area contributed by atoms with Gasteiger partial charge in [0.15, 0.2) is 0 Å². The van der Waals surface area contributed by atoms with Crippen molar-refractivity contribution in [2.45, 2.75) is 23.0 Å². The van der Waals surface area contributed by atoms with Gasteiger partial charge in [0, 0.05) is 11.8 Å². The molecule has 1 atom stereocenters. The first-order valence-corrected chi connectivity index (χ1v) is 9.16. The predicted octanol–water partition coefficient (Wildman–Crippen LogP) is 1.31. The number of hydrogen-bond acceptors (Lipinski definition) is 4. The summed E-state index contributed by atoms with van der Waals surface area (Å²) in [7, 11) is -3.68. The van der Waals surface area contributed by atoms with Crippen LogP contribution in [0.4, 0.5) is 4.39 Å². The number of halogens is 1. The van der Waals surface area contributed by atoms with Crippen LogP contribution in [0.1, 0.15) is 18.4 Å². The van der Waals surface area contributed by atoms with Gasteiger partial charge in [-0.05, 0) is 36.8 Å². The Balaban J connectivity index is 2.10. The summed E-state index contributed by atoms with van der Waals surface area (Å²) in [6.45, 7) is 0.503. The van der Waals surface area contributed by atoms with Crippen LogP contribution in [0.2, 0.25) is 0 Å². The lowest BCUT2D eigenvalue weighted by molar-refractivity contribution is 0.575. The van der Waals surface area contributed by atoms with Gasteiger partial charge in [0.05, 0.1) is 17.0 Å². The molecule has 1 fully saturated rings. The molecule has 1 aromatic carbocycles. The van der Waals surface area contributed by atoms with Crippen molar-refractivity contribution in [1.82, 2.24) is 4.72 Å². The van der Waals surface area contributed by atoms with Crippen molar-refractivity contribution in [2.24, 2.45) is 5.73 Å². The molecule has 1 saturated heterocycles. The van der Waals surface area contributed by atoms with E-state index in [0.717, 1.165) is 24.7 Å². The smallest absolute Gasteiger partial charge is 0.240 e. The van der Waals surface area contributed by atoms with E-state index in [1.807, 2.05) is 0 Å². The number of benzene rings is 1. The van der Waals surface area contributed by atoms with Crippen LogP contribution >= 0.6 is 11.8 Å². The Kier molecular flexibility index (Phi) is 5.65. The minimum Gasteiger partial charge on any atom is -0.320 e. The maximum Gasteiger partial charge on any atom is 0.240 e. The first-order chi connectivity index (χ1) is 10.0. The molecule has 0 spiro atoms. The topological polar surface area (TPSA) is 72.2 Å². The van der Waals surface area contributed by atoms with Crippen LogP contribution in [0.5, 0.6) is 0 Å². The van der Waals surface area contributed by atoms with Crippen molar-refractivity contribution in [1.29, 1.82) is 0 Å². The minimum atomic E-state index is -3.68. The second kappa shape index (κ2) is 7.27. The average Bonchev–Trinajstić information content (AvgIpc) is 2.97. The minimum absolute atomic E-state index is 0.0821. The highest BCUT2D eigenvalue weighted by Crippen LogP contribution is 2.25. The first-order valence-electron chi connectivity index (χ1n) is 6.62. The third-order valence-corrected chi connectivity index (χ3v) is 5.92. The molecule has 0 amide bonds. The van der Waals surface area contributed by atoms with Gasteiger partial charge in [-0.2, -0.15) is 11.8 Å². The number of sulfonamides is 1. The fraction of sp³-hybridized carbons (Fsp3) is 0.429. The Morgan fingerprint density at radius 2 is 2.29 bits per heavy atom. The highest BCUT2D eigenvalue weighted by Gasteiger charge is 2.20. The molecule has 0 bridgehead atoms. The molecule has 1 heterocycles. The van der Waals surface area contributed by atoms with Crippen molar-refractivity contribution in [3.05, 3.63) is 29.6 Å². The van der Waals surface area contributed by atoms with Gasteiger partial charge >= 0.3 is 0 Å². The SMILES string of the molecule is NCC#Cc1ccc(S(=O)(=O)NCC2CCCS2)cc1F. The molecule has 0 saturated carbocycles. The van der Waals surface area contributed by atoms with Crippen molar-refractivity contribution in [3.8, 4) is 11.8 Å². The Hall–Kier alpha value is -1.07. The van der Waals surface area contributed by atoms with Crippen LogP contribution in [-0.4, -0.2) is 32.5 Å². The largest absolute Gasteiger partial charge is 0.320 e. The lowest BCUT2D eigenvalue weighted by atomic mass is 10.2. The van der Waals surface area contributed by atoms with E-state index in [-0.39, 0.29) is 17.0 Å². The van der Waals surface area contributed by atoms with E-state index in [1.165, 1.54) is 12.1 Å². The number of rotatable bonds is 4. The van der Waals surface area contributed by atoms with E-state index in [0.29, 0.717) is 11.8 Å². The molecule has 4 nitrogen and oxygen atoms in total. The molecular formula is C14H17FN2O2S2. The van der Waals surface area contributed by atoms with E-state index >= 15 is 0 Å². The van der Waals surface area contributed by atoms with Crippen LogP contribution in [0, 0.1) is 17.7 Å². The zero-order valence-corrected chi connectivity index (χ0v) is 13.1. The first kappa shape index (κ1) is 16.3. The molecule has 1 aliphatic rings. The molecule has 1 aliphatic heterocycles. The number of nitrogens with one attached hydrogen (secondary N) is 1. The zero-order valence-electron chi connectivity index (χ0n) is 11.4. The van der Waals surface area contributed by atoms with Gasteiger partial charge in [-0.15, -0.1) is 0 Å². The Morgan fingerprint density at radius 1 is 1.48 bits per heavy atom.